The fourth-order valence-electron chi connectivity index (χ4n) is 5.02. The van der Waals surface area contributed by atoms with Crippen molar-refractivity contribution in [2.45, 2.75) is 63.9 Å². The van der Waals surface area contributed by atoms with Gasteiger partial charge < -0.3 is 24.8 Å². The molecule has 1 aromatic rings. The summed E-state index contributed by atoms with van der Waals surface area (Å²) in [5, 5.41) is 0. The minimum absolute atomic E-state index is 0.0195. The summed E-state index contributed by atoms with van der Waals surface area (Å²) < 4.78 is 18.4. The lowest BCUT2D eigenvalue weighted by atomic mass is 9.70. The highest BCUT2D eigenvalue weighted by Gasteiger charge is 2.51. The van der Waals surface area contributed by atoms with Gasteiger partial charge in [-0.05, 0) is 45.2 Å². The minimum Gasteiger partial charge on any atom is -0.497 e. The second kappa shape index (κ2) is 7.23. The van der Waals surface area contributed by atoms with E-state index in [1.165, 1.54) is 0 Å². The van der Waals surface area contributed by atoms with E-state index in [0.717, 1.165) is 43.0 Å². The van der Waals surface area contributed by atoms with E-state index in [1.54, 1.807) is 7.11 Å². The van der Waals surface area contributed by atoms with Crippen LogP contribution in [0, 0.1) is 11.8 Å². The van der Waals surface area contributed by atoms with E-state index in [9.17, 15) is 4.79 Å². The number of amides is 1. The Morgan fingerprint density at radius 1 is 1.43 bits per heavy atom. The van der Waals surface area contributed by atoms with Crippen molar-refractivity contribution in [3.63, 3.8) is 0 Å². The molecule has 0 aliphatic carbocycles. The molecule has 4 rings (SSSR count). The Bertz CT molecular complexity index is 750. The quantitative estimate of drug-likeness (QED) is 0.862. The lowest BCUT2D eigenvalue weighted by Crippen LogP contribution is -2.57. The Morgan fingerprint density at radius 3 is 2.93 bits per heavy atom. The number of nitrogens with zero attached hydrogens (tertiary/aromatic N) is 1. The molecule has 0 radical (unpaired) electrons. The number of likely N-dealkylation sites (tertiary alicyclic amines) is 1. The van der Waals surface area contributed by atoms with E-state index in [2.05, 4.69) is 19.9 Å². The van der Waals surface area contributed by atoms with Gasteiger partial charge >= 0.3 is 0 Å². The highest BCUT2D eigenvalue weighted by atomic mass is 16.5. The van der Waals surface area contributed by atoms with Gasteiger partial charge in [-0.1, -0.05) is 6.92 Å². The largest absolute Gasteiger partial charge is 0.497 e. The van der Waals surface area contributed by atoms with Crippen LogP contribution in [0.4, 0.5) is 0 Å². The first kappa shape index (κ1) is 19.5. The number of carbonyl (C=O) groups is 1. The van der Waals surface area contributed by atoms with Gasteiger partial charge in [0.25, 0.3) is 0 Å². The topological polar surface area (TPSA) is 74.0 Å². The maximum atomic E-state index is 12.6. The molecule has 2 N–H and O–H groups in total. The molecule has 0 aromatic heterocycles. The monoisotopic (exact) mass is 388 g/mol. The zero-order valence-electron chi connectivity index (χ0n) is 17.3. The summed E-state index contributed by atoms with van der Waals surface area (Å²) in [6.07, 6.45) is 2.71. The molecule has 0 unspecified atom stereocenters. The number of ether oxygens (including phenoxy) is 3. The van der Waals surface area contributed by atoms with Gasteiger partial charge in [-0.3, -0.25) is 4.79 Å². The molecule has 0 spiro atoms. The molecule has 2 saturated heterocycles. The summed E-state index contributed by atoms with van der Waals surface area (Å²) in [6.45, 7) is 7.68. The summed E-state index contributed by atoms with van der Waals surface area (Å²) >= 11 is 0. The molecule has 6 heteroatoms. The molecule has 154 valence electrons. The highest BCUT2D eigenvalue weighted by Crippen LogP contribution is 2.53. The molecular formula is C22H32N2O4. The molecule has 28 heavy (non-hydrogen) atoms. The van der Waals surface area contributed by atoms with Crippen molar-refractivity contribution in [1.29, 1.82) is 0 Å². The number of nitrogens with two attached hydrogens (primary N) is 1. The Labute approximate surface area is 167 Å². The zero-order valence-corrected chi connectivity index (χ0v) is 17.3. The van der Waals surface area contributed by atoms with Crippen molar-refractivity contribution in [2.75, 3.05) is 20.2 Å². The lowest BCUT2D eigenvalue weighted by Gasteiger charge is -2.53. The fourth-order valence-corrected chi connectivity index (χ4v) is 5.02. The van der Waals surface area contributed by atoms with Crippen LogP contribution in [0.15, 0.2) is 18.2 Å². The van der Waals surface area contributed by atoms with Gasteiger partial charge in [0, 0.05) is 36.6 Å². The normalized spacial score (nSPS) is 31.7. The molecule has 5 atom stereocenters. The Balaban J connectivity index is 1.57. The Kier molecular flexibility index (Phi) is 5.04. The van der Waals surface area contributed by atoms with Crippen molar-refractivity contribution in [1.82, 2.24) is 4.90 Å². The third kappa shape index (κ3) is 3.26. The van der Waals surface area contributed by atoms with Crippen molar-refractivity contribution >= 4 is 5.91 Å². The number of piperidine rings is 1. The number of hydrogen-bond acceptors (Lipinski definition) is 5. The van der Waals surface area contributed by atoms with Crippen LogP contribution in [0.3, 0.4) is 0 Å². The van der Waals surface area contributed by atoms with Crippen LogP contribution in [-0.4, -0.2) is 48.8 Å². The van der Waals surface area contributed by atoms with Crippen molar-refractivity contribution in [3.8, 4) is 11.5 Å². The van der Waals surface area contributed by atoms with Crippen molar-refractivity contribution < 1.29 is 19.0 Å². The molecule has 1 amide bonds. The van der Waals surface area contributed by atoms with Crippen LogP contribution in [0.1, 0.15) is 51.7 Å². The first-order chi connectivity index (χ1) is 13.3. The molecule has 0 bridgehead atoms. The van der Waals surface area contributed by atoms with Gasteiger partial charge in [0.05, 0.1) is 25.4 Å². The van der Waals surface area contributed by atoms with E-state index in [-0.39, 0.29) is 29.6 Å². The van der Waals surface area contributed by atoms with Gasteiger partial charge in [-0.25, -0.2) is 0 Å². The smallest absolute Gasteiger partial charge is 0.239 e. The van der Waals surface area contributed by atoms with Crippen LogP contribution in [0.2, 0.25) is 0 Å². The first-order valence-corrected chi connectivity index (χ1v) is 10.4. The molecular weight excluding hydrogens is 356 g/mol. The fraction of sp³-hybridized carbons (Fsp3) is 0.682. The number of carbonyl (C=O) groups excluding carboxylic acids is 1. The van der Waals surface area contributed by atoms with Gasteiger partial charge in [0.1, 0.15) is 17.1 Å². The highest BCUT2D eigenvalue weighted by molar-refractivity contribution is 5.81. The number of fused-ring (bicyclic) bond motifs is 4. The van der Waals surface area contributed by atoms with Crippen LogP contribution in [0.5, 0.6) is 11.5 Å². The Hall–Kier alpha value is -1.79. The second-order valence-electron chi connectivity index (χ2n) is 8.89. The maximum absolute atomic E-state index is 12.6. The third-order valence-electron chi connectivity index (χ3n) is 6.77. The minimum atomic E-state index is -0.398. The molecule has 3 aliphatic rings. The van der Waals surface area contributed by atoms with E-state index in [0.29, 0.717) is 12.3 Å². The summed E-state index contributed by atoms with van der Waals surface area (Å²) in [5.41, 5.74) is 6.75. The maximum Gasteiger partial charge on any atom is 0.239 e. The summed E-state index contributed by atoms with van der Waals surface area (Å²) in [4.78, 5) is 14.5. The molecule has 3 heterocycles. The predicted octanol–water partition coefficient (Wildman–Crippen LogP) is 2.90. The first-order valence-electron chi connectivity index (χ1n) is 10.4. The SMILES string of the molecule is CC[C@H](N)C(=O)N1CC[C@H]2O[C@H]3c4ccc(OC)cc4OC(C)(C)[C@@H]3C[C@H]2C1. The summed E-state index contributed by atoms with van der Waals surface area (Å²) in [6, 6.07) is 5.60. The van der Waals surface area contributed by atoms with Crippen molar-refractivity contribution in [3.05, 3.63) is 23.8 Å². The van der Waals surface area contributed by atoms with Gasteiger partial charge in [-0.2, -0.15) is 0 Å². The van der Waals surface area contributed by atoms with Crippen LogP contribution >= 0.6 is 0 Å². The van der Waals surface area contributed by atoms with Gasteiger partial charge in [0.15, 0.2) is 0 Å². The number of benzene rings is 1. The number of rotatable bonds is 3. The zero-order chi connectivity index (χ0) is 20.1. The molecule has 0 saturated carbocycles. The molecule has 2 fully saturated rings. The second-order valence-corrected chi connectivity index (χ2v) is 8.89. The van der Waals surface area contributed by atoms with Crippen LogP contribution < -0.4 is 15.2 Å². The van der Waals surface area contributed by atoms with Crippen LogP contribution in [0.25, 0.3) is 0 Å². The van der Waals surface area contributed by atoms with Gasteiger partial charge in [-0.15, -0.1) is 0 Å². The lowest BCUT2D eigenvalue weighted by molar-refractivity contribution is -0.189. The average Bonchev–Trinajstić information content (AvgIpc) is 2.70. The van der Waals surface area contributed by atoms with E-state index in [1.807, 2.05) is 24.0 Å². The Morgan fingerprint density at radius 2 is 2.21 bits per heavy atom. The molecule has 6 nitrogen and oxygen atoms in total. The third-order valence-corrected chi connectivity index (χ3v) is 6.77. The predicted molar refractivity (Wildman–Crippen MR) is 106 cm³/mol. The standard InChI is InChI=1S/C22H32N2O4/c1-5-17(23)21(25)24-9-8-18-13(12-24)10-16-20(27-18)15-7-6-14(26-4)11-19(15)28-22(16,2)3/h6-7,11,13,16-18,20H,5,8-10,12,23H2,1-4H3/t13-,16+,17-,18+,20-/m0/s1. The van der Waals surface area contributed by atoms with E-state index in [4.69, 9.17) is 19.9 Å². The average molecular weight is 389 g/mol. The van der Waals surface area contributed by atoms with Gasteiger partial charge in [0.2, 0.25) is 5.91 Å². The van der Waals surface area contributed by atoms with Crippen LogP contribution in [-0.2, 0) is 9.53 Å². The van der Waals surface area contributed by atoms with E-state index < -0.39 is 6.04 Å². The molecule has 3 aliphatic heterocycles. The summed E-state index contributed by atoms with van der Waals surface area (Å²) in [5.74, 6) is 2.28. The molecule has 1 aromatic carbocycles. The van der Waals surface area contributed by atoms with E-state index >= 15 is 0 Å². The van der Waals surface area contributed by atoms with Crippen molar-refractivity contribution in [2.24, 2.45) is 17.6 Å². The number of hydrogen-bond donors (Lipinski definition) is 1. The number of methoxy groups -OCH3 is 1. The summed E-state index contributed by atoms with van der Waals surface area (Å²) in [7, 11) is 1.67.